The van der Waals surface area contributed by atoms with Gasteiger partial charge in [0, 0.05) is 25.6 Å². The molecule has 2 rings (SSSR count). The Morgan fingerprint density at radius 3 is 2.44 bits per heavy atom. The molecule has 2 N–H and O–H groups in total. The van der Waals surface area contributed by atoms with Crippen molar-refractivity contribution in [1.82, 2.24) is 10.6 Å². The van der Waals surface area contributed by atoms with Crippen LogP contribution in [0.2, 0.25) is 0 Å². The first-order valence-corrected chi connectivity index (χ1v) is 8.83. The largest absolute Gasteiger partial charge is 0.427 e. The predicted molar refractivity (Wildman–Crippen MR) is 103 cm³/mol. The van der Waals surface area contributed by atoms with Gasteiger partial charge >= 0.3 is 5.97 Å². The lowest BCUT2D eigenvalue weighted by atomic mass is 10.1. The van der Waals surface area contributed by atoms with Gasteiger partial charge in [0.1, 0.15) is 5.75 Å². The van der Waals surface area contributed by atoms with Crippen LogP contribution in [0.1, 0.15) is 34.8 Å². The van der Waals surface area contributed by atoms with Crippen LogP contribution < -0.4 is 15.4 Å². The number of hydrogen-bond acceptors (Lipinski definition) is 4. The van der Waals surface area contributed by atoms with Gasteiger partial charge in [-0.1, -0.05) is 35.9 Å². The van der Waals surface area contributed by atoms with Crippen LogP contribution in [0.5, 0.6) is 5.75 Å². The van der Waals surface area contributed by atoms with Crippen molar-refractivity contribution in [2.45, 2.75) is 26.7 Å². The second-order valence-corrected chi connectivity index (χ2v) is 6.25. The van der Waals surface area contributed by atoms with Crippen LogP contribution in [0.4, 0.5) is 0 Å². The van der Waals surface area contributed by atoms with Crippen molar-refractivity contribution in [2.75, 3.05) is 13.1 Å². The van der Waals surface area contributed by atoms with E-state index in [0.29, 0.717) is 37.2 Å². The first-order valence-electron chi connectivity index (χ1n) is 8.83. The van der Waals surface area contributed by atoms with Crippen molar-refractivity contribution >= 4 is 17.8 Å². The highest BCUT2D eigenvalue weighted by molar-refractivity contribution is 5.94. The summed E-state index contributed by atoms with van der Waals surface area (Å²) in [6, 6.07) is 14.3. The van der Waals surface area contributed by atoms with Crippen molar-refractivity contribution in [3.05, 3.63) is 65.2 Å². The number of nitrogens with one attached hydrogen (secondary N) is 2. The molecule has 0 heterocycles. The molecule has 0 saturated heterocycles. The molecule has 6 nitrogen and oxygen atoms in total. The van der Waals surface area contributed by atoms with Gasteiger partial charge in [0.25, 0.3) is 5.91 Å². The van der Waals surface area contributed by atoms with Crippen LogP contribution in [0.15, 0.2) is 48.5 Å². The van der Waals surface area contributed by atoms with E-state index in [9.17, 15) is 14.4 Å². The number of hydrogen-bond donors (Lipinski definition) is 2. The van der Waals surface area contributed by atoms with Crippen LogP contribution in [0.25, 0.3) is 0 Å². The summed E-state index contributed by atoms with van der Waals surface area (Å²) in [6.45, 7) is 4.21. The van der Waals surface area contributed by atoms with Crippen LogP contribution in [0, 0.1) is 6.92 Å². The van der Waals surface area contributed by atoms with Gasteiger partial charge in [-0.25, -0.2) is 0 Å². The maximum Gasteiger partial charge on any atom is 0.308 e. The van der Waals surface area contributed by atoms with Gasteiger partial charge in [-0.3, -0.25) is 14.4 Å². The lowest BCUT2D eigenvalue weighted by Crippen LogP contribution is -2.30. The van der Waals surface area contributed by atoms with Crippen molar-refractivity contribution < 1.29 is 19.1 Å². The van der Waals surface area contributed by atoms with Crippen LogP contribution in [0.3, 0.4) is 0 Å². The van der Waals surface area contributed by atoms with Crippen LogP contribution >= 0.6 is 0 Å². The zero-order valence-corrected chi connectivity index (χ0v) is 15.6. The number of carbonyl (C=O) groups excluding carboxylic acids is 3. The number of aryl methyl sites for hydroxylation is 1. The van der Waals surface area contributed by atoms with E-state index < -0.39 is 5.97 Å². The quantitative estimate of drug-likeness (QED) is 0.426. The maximum absolute atomic E-state index is 12.1. The fourth-order valence-electron chi connectivity index (χ4n) is 2.56. The van der Waals surface area contributed by atoms with E-state index in [1.807, 2.05) is 31.2 Å². The van der Waals surface area contributed by atoms with Gasteiger partial charge in [-0.15, -0.1) is 0 Å². The third-order valence-corrected chi connectivity index (χ3v) is 3.77. The van der Waals surface area contributed by atoms with Gasteiger partial charge in [-0.2, -0.15) is 0 Å². The zero-order valence-electron chi connectivity index (χ0n) is 15.6. The smallest absolute Gasteiger partial charge is 0.308 e. The highest BCUT2D eigenvalue weighted by Gasteiger charge is 2.08. The number of ether oxygens (including phenoxy) is 1. The molecule has 0 aliphatic carbocycles. The summed E-state index contributed by atoms with van der Waals surface area (Å²) in [6.07, 6.45) is 0.964. The Balaban J connectivity index is 1.68. The van der Waals surface area contributed by atoms with Crippen molar-refractivity contribution in [3.8, 4) is 5.75 Å². The molecule has 0 aliphatic heterocycles. The molecule has 0 radical (unpaired) electrons. The van der Waals surface area contributed by atoms with E-state index in [1.165, 1.54) is 13.0 Å². The topological polar surface area (TPSA) is 84.5 Å². The normalized spacial score (nSPS) is 10.1. The molecule has 2 aromatic carbocycles. The van der Waals surface area contributed by atoms with E-state index in [0.717, 1.165) is 11.1 Å². The summed E-state index contributed by atoms with van der Waals surface area (Å²) in [5, 5.41) is 5.63. The van der Waals surface area contributed by atoms with E-state index in [2.05, 4.69) is 10.6 Å². The molecular weight excluding hydrogens is 344 g/mol. The van der Waals surface area contributed by atoms with Gasteiger partial charge in [0.05, 0.1) is 6.42 Å². The minimum absolute atomic E-state index is 0.0407. The predicted octanol–water partition coefficient (Wildman–Crippen LogP) is 2.40. The van der Waals surface area contributed by atoms with Crippen LogP contribution in [-0.4, -0.2) is 30.9 Å². The maximum atomic E-state index is 12.1. The van der Waals surface area contributed by atoms with Gasteiger partial charge in [-0.05, 0) is 37.1 Å². The molecule has 0 aromatic heterocycles. The van der Waals surface area contributed by atoms with Crippen LogP contribution in [-0.2, 0) is 16.0 Å². The molecule has 0 saturated carbocycles. The van der Waals surface area contributed by atoms with Gasteiger partial charge in [0.2, 0.25) is 5.91 Å². The minimum Gasteiger partial charge on any atom is -0.427 e. The second kappa shape index (κ2) is 10.1. The Morgan fingerprint density at radius 1 is 0.963 bits per heavy atom. The zero-order chi connectivity index (χ0) is 19.6. The van der Waals surface area contributed by atoms with Gasteiger partial charge in [0.15, 0.2) is 0 Å². The number of esters is 1. The first kappa shape index (κ1) is 20.2. The first-order chi connectivity index (χ1) is 12.9. The average molecular weight is 368 g/mol. The Kier molecular flexibility index (Phi) is 7.55. The Morgan fingerprint density at radius 2 is 1.70 bits per heavy atom. The third kappa shape index (κ3) is 7.32. The molecule has 2 aromatic rings. The van der Waals surface area contributed by atoms with E-state index in [4.69, 9.17) is 4.74 Å². The van der Waals surface area contributed by atoms with E-state index in [-0.39, 0.29) is 11.8 Å². The summed E-state index contributed by atoms with van der Waals surface area (Å²) in [4.78, 5) is 35.0. The molecule has 0 aliphatic rings. The SMILES string of the molecule is CC(=O)Oc1cccc(C(=O)NCCCNC(=O)Cc2cccc(C)c2)c1. The molecule has 2 amide bonds. The second-order valence-electron chi connectivity index (χ2n) is 6.25. The number of amides is 2. The highest BCUT2D eigenvalue weighted by Crippen LogP contribution is 2.13. The number of benzene rings is 2. The van der Waals surface area contributed by atoms with E-state index in [1.54, 1.807) is 18.2 Å². The molecule has 0 unspecified atom stereocenters. The Labute approximate surface area is 158 Å². The molecule has 142 valence electrons. The fraction of sp³-hybridized carbons (Fsp3) is 0.286. The van der Waals surface area contributed by atoms with Crippen molar-refractivity contribution in [3.63, 3.8) is 0 Å². The monoisotopic (exact) mass is 368 g/mol. The van der Waals surface area contributed by atoms with E-state index >= 15 is 0 Å². The molecular formula is C21H24N2O4. The number of carbonyl (C=O) groups is 3. The molecule has 0 bridgehead atoms. The molecule has 0 atom stereocenters. The summed E-state index contributed by atoms with van der Waals surface area (Å²) in [5.41, 5.74) is 2.52. The van der Waals surface area contributed by atoms with Gasteiger partial charge < -0.3 is 15.4 Å². The Bertz CT molecular complexity index is 817. The lowest BCUT2D eigenvalue weighted by Gasteiger charge is -2.08. The summed E-state index contributed by atoms with van der Waals surface area (Å²) in [7, 11) is 0. The fourth-order valence-corrected chi connectivity index (χ4v) is 2.56. The summed E-state index contributed by atoms with van der Waals surface area (Å²) in [5.74, 6) is -0.399. The molecule has 0 fully saturated rings. The summed E-state index contributed by atoms with van der Waals surface area (Å²) >= 11 is 0. The lowest BCUT2D eigenvalue weighted by molar-refractivity contribution is -0.131. The molecule has 0 spiro atoms. The Hall–Kier alpha value is -3.15. The minimum atomic E-state index is -0.436. The number of rotatable bonds is 8. The average Bonchev–Trinajstić information content (AvgIpc) is 2.61. The van der Waals surface area contributed by atoms with Crippen molar-refractivity contribution in [1.29, 1.82) is 0 Å². The molecule has 27 heavy (non-hydrogen) atoms. The highest BCUT2D eigenvalue weighted by atomic mass is 16.5. The van der Waals surface area contributed by atoms with Crippen molar-refractivity contribution in [2.24, 2.45) is 0 Å². The summed E-state index contributed by atoms with van der Waals surface area (Å²) < 4.78 is 4.96. The molecule has 6 heteroatoms. The standard InChI is InChI=1S/C21H24N2O4/c1-15-6-3-7-17(12-15)13-20(25)22-10-5-11-23-21(26)18-8-4-9-19(14-18)27-16(2)24/h3-4,6-9,12,14H,5,10-11,13H2,1-2H3,(H,22,25)(H,23,26). The third-order valence-electron chi connectivity index (χ3n) is 3.77.